The van der Waals surface area contributed by atoms with Crippen molar-refractivity contribution in [1.82, 2.24) is 9.78 Å². The van der Waals surface area contributed by atoms with Crippen LogP contribution in [-0.4, -0.2) is 22.0 Å². The first kappa shape index (κ1) is 14.2. The molecule has 1 aromatic carbocycles. The minimum absolute atomic E-state index is 0.408. The molecule has 1 atom stereocenters. The van der Waals surface area contributed by atoms with E-state index in [2.05, 4.69) is 5.10 Å². The van der Waals surface area contributed by atoms with Crippen molar-refractivity contribution in [3.8, 4) is 5.75 Å². The third-order valence-corrected chi connectivity index (χ3v) is 3.44. The van der Waals surface area contributed by atoms with Gasteiger partial charge in [0.15, 0.2) is 5.75 Å². The molecule has 0 aliphatic rings. The molecule has 4 nitrogen and oxygen atoms in total. The van der Waals surface area contributed by atoms with Crippen LogP contribution in [0.3, 0.4) is 0 Å². The van der Waals surface area contributed by atoms with Crippen molar-refractivity contribution in [3.05, 3.63) is 45.7 Å². The van der Waals surface area contributed by atoms with Crippen molar-refractivity contribution in [2.75, 3.05) is 7.11 Å². The molecule has 0 fully saturated rings. The van der Waals surface area contributed by atoms with E-state index < -0.39 is 6.10 Å². The Morgan fingerprint density at radius 1 is 1.42 bits per heavy atom. The van der Waals surface area contributed by atoms with Gasteiger partial charge in [-0.25, -0.2) is 0 Å². The van der Waals surface area contributed by atoms with Crippen LogP contribution in [0.2, 0.25) is 10.0 Å². The van der Waals surface area contributed by atoms with Crippen molar-refractivity contribution in [2.45, 2.75) is 19.6 Å². The summed E-state index contributed by atoms with van der Waals surface area (Å²) in [5.74, 6) is 0.528. The Kier molecular flexibility index (Phi) is 4.34. The molecule has 19 heavy (non-hydrogen) atoms. The topological polar surface area (TPSA) is 47.3 Å². The molecular formula is C13H14Cl2N2O2. The maximum Gasteiger partial charge on any atom is 0.163 e. The predicted molar refractivity (Wildman–Crippen MR) is 75.0 cm³/mol. The maximum atomic E-state index is 10.5. The highest BCUT2D eigenvalue weighted by Gasteiger charge is 2.23. The molecule has 1 heterocycles. The standard InChI is InChI=1S/C13H14Cl2N2O2/c1-3-17-12(11(19-2)7-16-17)13(18)9-5-4-8(14)6-10(9)15/h4-7,13,18H,3H2,1-2H3. The van der Waals surface area contributed by atoms with Crippen LogP contribution in [0.25, 0.3) is 0 Å². The SMILES string of the molecule is CCn1ncc(OC)c1C(O)c1ccc(Cl)cc1Cl. The highest BCUT2D eigenvalue weighted by Crippen LogP contribution is 2.34. The lowest BCUT2D eigenvalue weighted by Crippen LogP contribution is -2.10. The van der Waals surface area contributed by atoms with Gasteiger partial charge in [0, 0.05) is 22.2 Å². The number of aliphatic hydroxyl groups is 1. The predicted octanol–water partition coefficient (Wildman–Crippen LogP) is 3.30. The zero-order chi connectivity index (χ0) is 14.0. The summed E-state index contributed by atoms with van der Waals surface area (Å²) in [4.78, 5) is 0. The van der Waals surface area contributed by atoms with E-state index in [0.29, 0.717) is 33.6 Å². The van der Waals surface area contributed by atoms with Crippen LogP contribution in [0.4, 0.5) is 0 Å². The average Bonchev–Trinajstić information content (AvgIpc) is 2.80. The molecular weight excluding hydrogens is 287 g/mol. The lowest BCUT2D eigenvalue weighted by molar-refractivity contribution is 0.202. The molecule has 0 aliphatic heterocycles. The zero-order valence-corrected chi connectivity index (χ0v) is 12.1. The highest BCUT2D eigenvalue weighted by atomic mass is 35.5. The smallest absolute Gasteiger partial charge is 0.163 e. The van der Waals surface area contributed by atoms with E-state index in [1.165, 1.54) is 7.11 Å². The fourth-order valence-corrected chi connectivity index (χ4v) is 2.45. The molecule has 0 saturated heterocycles. The van der Waals surface area contributed by atoms with E-state index >= 15 is 0 Å². The summed E-state index contributed by atoms with van der Waals surface area (Å²) in [6, 6.07) is 4.98. The number of methoxy groups -OCH3 is 1. The van der Waals surface area contributed by atoms with Gasteiger partial charge in [-0.3, -0.25) is 4.68 Å². The third-order valence-electron chi connectivity index (χ3n) is 2.88. The molecule has 0 radical (unpaired) electrons. The molecule has 1 N–H and O–H groups in total. The summed E-state index contributed by atoms with van der Waals surface area (Å²) in [5, 5.41) is 15.6. The number of hydrogen-bond donors (Lipinski definition) is 1. The quantitative estimate of drug-likeness (QED) is 0.942. The monoisotopic (exact) mass is 300 g/mol. The fraction of sp³-hybridized carbons (Fsp3) is 0.308. The largest absolute Gasteiger partial charge is 0.493 e. The van der Waals surface area contributed by atoms with Crippen LogP contribution in [0.1, 0.15) is 24.3 Å². The number of ether oxygens (including phenoxy) is 1. The van der Waals surface area contributed by atoms with Crippen LogP contribution < -0.4 is 4.74 Å². The molecule has 6 heteroatoms. The fourth-order valence-electron chi connectivity index (χ4n) is 1.93. The van der Waals surface area contributed by atoms with Crippen LogP contribution in [0.15, 0.2) is 24.4 Å². The van der Waals surface area contributed by atoms with E-state index in [1.54, 1.807) is 29.1 Å². The maximum absolute atomic E-state index is 10.5. The number of halogens is 2. The second-order valence-electron chi connectivity index (χ2n) is 3.98. The Labute approximate surface area is 121 Å². The number of hydrogen-bond acceptors (Lipinski definition) is 3. The third kappa shape index (κ3) is 2.71. The second kappa shape index (κ2) is 5.82. The Hall–Kier alpha value is -1.23. The van der Waals surface area contributed by atoms with Gasteiger partial charge >= 0.3 is 0 Å². The average molecular weight is 301 g/mol. The summed E-state index contributed by atoms with van der Waals surface area (Å²) in [5.41, 5.74) is 1.15. The zero-order valence-electron chi connectivity index (χ0n) is 10.6. The lowest BCUT2D eigenvalue weighted by Gasteiger charge is -2.16. The van der Waals surface area contributed by atoms with Crippen LogP contribution >= 0.6 is 23.2 Å². The first-order valence-corrected chi connectivity index (χ1v) is 6.56. The number of nitrogens with zero attached hydrogens (tertiary/aromatic N) is 2. The van der Waals surface area contributed by atoms with Gasteiger partial charge in [0.05, 0.1) is 13.3 Å². The molecule has 0 spiro atoms. The van der Waals surface area contributed by atoms with Gasteiger partial charge in [0.25, 0.3) is 0 Å². The van der Waals surface area contributed by atoms with Gasteiger partial charge in [0.1, 0.15) is 11.8 Å². The summed E-state index contributed by atoms with van der Waals surface area (Å²) in [7, 11) is 1.54. The second-order valence-corrected chi connectivity index (χ2v) is 4.83. The normalized spacial score (nSPS) is 12.5. The van der Waals surface area contributed by atoms with Crippen LogP contribution in [0, 0.1) is 0 Å². The van der Waals surface area contributed by atoms with Gasteiger partial charge < -0.3 is 9.84 Å². The Bertz CT molecular complexity index is 563. The summed E-state index contributed by atoms with van der Waals surface area (Å²) < 4.78 is 6.90. The number of aliphatic hydroxyl groups excluding tert-OH is 1. The Balaban J connectivity index is 2.48. The van der Waals surface area contributed by atoms with Gasteiger partial charge in [-0.2, -0.15) is 5.10 Å². The van der Waals surface area contributed by atoms with Gasteiger partial charge in [-0.1, -0.05) is 29.3 Å². The van der Waals surface area contributed by atoms with E-state index in [-0.39, 0.29) is 0 Å². The van der Waals surface area contributed by atoms with Gasteiger partial charge in [-0.05, 0) is 19.1 Å². The van der Waals surface area contributed by atoms with Crippen LogP contribution in [-0.2, 0) is 6.54 Å². The molecule has 0 saturated carbocycles. The summed E-state index contributed by atoms with van der Waals surface area (Å²) in [6.45, 7) is 2.56. The van der Waals surface area contributed by atoms with E-state index in [0.717, 1.165) is 0 Å². The number of benzene rings is 1. The molecule has 102 valence electrons. The van der Waals surface area contributed by atoms with E-state index in [4.69, 9.17) is 27.9 Å². The molecule has 1 aromatic heterocycles. The molecule has 0 bridgehead atoms. The van der Waals surface area contributed by atoms with Crippen molar-refractivity contribution in [2.24, 2.45) is 0 Å². The van der Waals surface area contributed by atoms with Crippen molar-refractivity contribution < 1.29 is 9.84 Å². The first-order valence-electron chi connectivity index (χ1n) is 5.81. The Morgan fingerprint density at radius 3 is 2.74 bits per heavy atom. The van der Waals surface area contributed by atoms with E-state index in [9.17, 15) is 5.11 Å². The molecule has 0 amide bonds. The Morgan fingerprint density at radius 2 is 2.16 bits per heavy atom. The molecule has 2 aromatic rings. The van der Waals surface area contributed by atoms with Crippen molar-refractivity contribution in [3.63, 3.8) is 0 Å². The van der Waals surface area contributed by atoms with Crippen molar-refractivity contribution in [1.29, 1.82) is 0 Å². The van der Waals surface area contributed by atoms with E-state index in [1.807, 2.05) is 6.92 Å². The number of rotatable bonds is 4. The summed E-state index contributed by atoms with van der Waals surface area (Å²) >= 11 is 12.0. The van der Waals surface area contributed by atoms with Crippen LogP contribution in [0.5, 0.6) is 5.75 Å². The van der Waals surface area contributed by atoms with Crippen molar-refractivity contribution >= 4 is 23.2 Å². The first-order chi connectivity index (χ1) is 9.08. The number of aryl methyl sites for hydroxylation is 1. The molecule has 0 aliphatic carbocycles. The molecule has 1 unspecified atom stereocenters. The molecule has 2 rings (SSSR count). The van der Waals surface area contributed by atoms with Gasteiger partial charge in [-0.15, -0.1) is 0 Å². The lowest BCUT2D eigenvalue weighted by atomic mass is 10.1. The highest BCUT2D eigenvalue weighted by molar-refractivity contribution is 6.35. The minimum Gasteiger partial charge on any atom is -0.493 e. The van der Waals surface area contributed by atoms with Gasteiger partial charge in [0.2, 0.25) is 0 Å². The summed E-state index contributed by atoms with van der Waals surface area (Å²) in [6.07, 6.45) is 0.661. The minimum atomic E-state index is -0.915. The number of aromatic nitrogens is 2.